The molecule has 3 rings (SSSR count). The van der Waals surface area contributed by atoms with Gasteiger partial charge < -0.3 is 5.32 Å². The molecule has 3 nitrogen and oxygen atoms in total. The van der Waals surface area contributed by atoms with Crippen LogP contribution in [0.4, 0.5) is 0 Å². The number of carbonyl (C=O) groups excluding carboxylic acids is 1. The Labute approximate surface area is 145 Å². The molecule has 1 aromatic carbocycles. The minimum absolute atomic E-state index is 0.0168. The molecule has 0 radical (unpaired) electrons. The fourth-order valence-electron chi connectivity index (χ4n) is 1.96. The van der Waals surface area contributed by atoms with Gasteiger partial charge >= 0.3 is 0 Å². The fraction of sp³-hybridized carbons (Fsp3) is 0.200. The zero-order chi connectivity index (χ0) is 15.5. The molecule has 0 spiro atoms. The van der Waals surface area contributed by atoms with Crippen molar-refractivity contribution in [3.05, 3.63) is 45.6 Å². The molecule has 2 heterocycles. The van der Waals surface area contributed by atoms with E-state index in [1.165, 1.54) is 11.8 Å². The van der Waals surface area contributed by atoms with Gasteiger partial charge in [0.1, 0.15) is 0 Å². The maximum Gasteiger partial charge on any atom is 0.230 e. The summed E-state index contributed by atoms with van der Waals surface area (Å²) < 4.78 is 1.97. The SMILES string of the molecule is CC(NC(=O)CSc1nc2cc(Cl)ccc2s1)c1cccs1. The highest BCUT2D eigenvalue weighted by Crippen LogP contribution is 2.31. The fourth-order valence-corrected chi connectivity index (χ4v) is 4.72. The van der Waals surface area contributed by atoms with E-state index in [9.17, 15) is 4.79 Å². The van der Waals surface area contributed by atoms with E-state index in [2.05, 4.69) is 10.3 Å². The number of hydrogen-bond donors (Lipinski definition) is 1. The number of amides is 1. The van der Waals surface area contributed by atoms with Crippen LogP contribution in [0, 0.1) is 0 Å². The Morgan fingerprint density at radius 1 is 1.45 bits per heavy atom. The van der Waals surface area contributed by atoms with Crippen molar-refractivity contribution in [2.24, 2.45) is 0 Å². The van der Waals surface area contributed by atoms with E-state index in [0.717, 1.165) is 19.4 Å². The Morgan fingerprint density at radius 3 is 3.09 bits per heavy atom. The van der Waals surface area contributed by atoms with Crippen molar-refractivity contribution in [3.8, 4) is 0 Å². The summed E-state index contributed by atoms with van der Waals surface area (Å²) >= 11 is 10.6. The van der Waals surface area contributed by atoms with Gasteiger partial charge in [-0.2, -0.15) is 0 Å². The quantitative estimate of drug-likeness (QED) is 0.645. The Bertz CT molecular complexity index is 785. The third kappa shape index (κ3) is 3.81. The van der Waals surface area contributed by atoms with Gasteiger partial charge in [0, 0.05) is 9.90 Å². The number of halogens is 1. The minimum Gasteiger partial charge on any atom is -0.348 e. The molecule has 7 heteroatoms. The average molecular weight is 369 g/mol. The number of aromatic nitrogens is 1. The van der Waals surface area contributed by atoms with E-state index in [-0.39, 0.29) is 11.9 Å². The lowest BCUT2D eigenvalue weighted by molar-refractivity contribution is -0.119. The largest absolute Gasteiger partial charge is 0.348 e. The second kappa shape index (κ2) is 7.00. The molecule has 0 aliphatic carbocycles. The maximum atomic E-state index is 12.0. The van der Waals surface area contributed by atoms with Gasteiger partial charge in [-0.1, -0.05) is 29.4 Å². The van der Waals surface area contributed by atoms with Crippen LogP contribution in [0.3, 0.4) is 0 Å². The molecule has 0 saturated carbocycles. The van der Waals surface area contributed by atoms with Crippen LogP contribution in [0.1, 0.15) is 17.8 Å². The molecule has 0 aliphatic heterocycles. The number of rotatable bonds is 5. The van der Waals surface area contributed by atoms with Gasteiger partial charge in [0.25, 0.3) is 0 Å². The third-order valence-electron chi connectivity index (χ3n) is 3.00. The first-order valence-corrected chi connectivity index (χ1v) is 9.69. The lowest BCUT2D eigenvalue weighted by atomic mass is 10.3. The first kappa shape index (κ1) is 15.8. The summed E-state index contributed by atoms with van der Waals surface area (Å²) in [4.78, 5) is 17.7. The van der Waals surface area contributed by atoms with Crippen LogP contribution in [0.25, 0.3) is 10.2 Å². The summed E-state index contributed by atoms with van der Waals surface area (Å²) in [6.07, 6.45) is 0. The Morgan fingerprint density at radius 2 is 2.32 bits per heavy atom. The molecular formula is C15H13ClN2OS3. The normalized spacial score (nSPS) is 12.5. The van der Waals surface area contributed by atoms with Crippen LogP contribution in [0.15, 0.2) is 40.1 Å². The highest BCUT2D eigenvalue weighted by atomic mass is 35.5. The average Bonchev–Trinajstić information content (AvgIpc) is 3.13. The zero-order valence-electron chi connectivity index (χ0n) is 11.7. The second-order valence-corrected chi connectivity index (χ2v) is 8.35. The Kier molecular flexibility index (Phi) is 5.03. The molecular weight excluding hydrogens is 356 g/mol. The predicted molar refractivity (Wildman–Crippen MR) is 96.2 cm³/mol. The maximum absolute atomic E-state index is 12.0. The molecule has 0 saturated heterocycles. The molecule has 22 heavy (non-hydrogen) atoms. The van der Waals surface area contributed by atoms with Crippen LogP contribution in [0.2, 0.25) is 5.02 Å². The van der Waals surface area contributed by atoms with Crippen LogP contribution in [0.5, 0.6) is 0 Å². The summed E-state index contributed by atoms with van der Waals surface area (Å²) in [5, 5.41) is 5.69. The summed E-state index contributed by atoms with van der Waals surface area (Å²) in [6.45, 7) is 1.99. The topological polar surface area (TPSA) is 42.0 Å². The van der Waals surface area contributed by atoms with Crippen molar-refractivity contribution in [3.63, 3.8) is 0 Å². The van der Waals surface area contributed by atoms with Crippen molar-refractivity contribution in [1.82, 2.24) is 10.3 Å². The van der Waals surface area contributed by atoms with Crippen LogP contribution in [-0.4, -0.2) is 16.6 Å². The molecule has 1 amide bonds. The van der Waals surface area contributed by atoms with Crippen molar-refractivity contribution >= 4 is 62.2 Å². The first-order chi connectivity index (χ1) is 10.6. The van der Waals surface area contributed by atoms with E-state index < -0.39 is 0 Å². The number of fused-ring (bicyclic) bond motifs is 1. The van der Waals surface area contributed by atoms with Gasteiger partial charge in [-0.15, -0.1) is 22.7 Å². The van der Waals surface area contributed by atoms with Gasteiger partial charge in [-0.25, -0.2) is 4.98 Å². The lowest BCUT2D eigenvalue weighted by Gasteiger charge is -2.11. The number of hydrogen-bond acceptors (Lipinski definition) is 5. The number of nitrogens with one attached hydrogen (secondary N) is 1. The summed E-state index contributed by atoms with van der Waals surface area (Å²) in [5.41, 5.74) is 0.882. The molecule has 1 unspecified atom stereocenters. The van der Waals surface area contributed by atoms with Gasteiger partial charge in [0.15, 0.2) is 4.34 Å². The van der Waals surface area contributed by atoms with Crippen molar-refractivity contribution in [2.75, 3.05) is 5.75 Å². The minimum atomic E-state index is 0.0168. The number of thioether (sulfide) groups is 1. The second-order valence-electron chi connectivity index (χ2n) is 4.69. The van der Waals surface area contributed by atoms with Crippen LogP contribution < -0.4 is 5.32 Å². The Balaban J connectivity index is 1.58. The molecule has 0 aliphatic rings. The summed E-state index contributed by atoms with van der Waals surface area (Å²) in [5.74, 6) is 0.381. The van der Waals surface area contributed by atoms with E-state index in [0.29, 0.717) is 10.8 Å². The standard InChI is InChI=1S/C15H13ClN2OS3/c1-9(12-3-2-6-20-12)17-14(19)8-21-15-18-11-7-10(16)4-5-13(11)22-15/h2-7,9H,8H2,1H3,(H,17,19). The number of benzene rings is 1. The number of nitrogens with zero attached hydrogens (tertiary/aromatic N) is 1. The summed E-state index contributed by atoms with van der Waals surface area (Å²) in [6, 6.07) is 9.71. The van der Waals surface area contributed by atoms with Crippen LogP contribution in [-0.2, 0) is 4.79 Å². The van der Waals surface area contributed by atoms with Crippen LogP contribution >= 0.6 is 46.0 Å². The van der Waals surface area contributed by atoms with Crippen molar-refractivity contribution in [1.29, 1.82) is 0 Å². The van der Waals surface area contributed by atoms with Gasteiger partial charge in [0.2, 0.25) is 5.91 Å². The number of carbonyl (C=O) groups is 1. The molecule has 1 atom stereocenters. The van der Waals surface area contributed by atoms with Gasteiger partial charge in [-0.05, 0) is 36.6 Å². The zero-order valence-corrected chi connectivity index (χ0v) is 14.9. The summed E-state index contributed by atoms with van der Waals surface area (Å²) in [7, 11) is 0. The highest BCUT2D eigenvalue weighted by molar-refractivity contribution is 8.01. The number of thiophene rings is 1. The van der Waals surface area contributed by atoms with Gasteiger partial charge in [-0.3, -0.25) is 4.79 Å². The highest BCUT2D eigenvalue weighted by Gasteiger charge is 2.12. The molecule has 114 valence electrons. The van der Waals surface area contributed by atoms with E-state index in [1.54, 1.807) is 22.7 Å². The lowest BCUT2D eigenvalue weighted by Crippen LogP contribution is -2.27. The molecule has 0 fully saturated rings. The van der Waals surface area contributed by atoms with E-state index >= 15 is 0 Å². The first-order valence-electron chi connectivity index (χ1n) is 6.63. The Hall–Kier alpha value is -1.08. The monoisotopic (exact) mass is 368 g/mol. The van der Waals surface area contributed by atoms with Gasteiger partial charge in [0.05, 0.1) is 22.0 Å². The molecule has 3 aromatic rings. The van der Waals surface area contributed by atoms with E-state index in [1.807, 2.05) is 42.6 Å². The molecule has 1 N–H and O–H groups in total. The number of thiazole rings is 1. The molecule has 2 aromatic heterocycles. The smallest absolute Gasteiger partial charge is 0.230 e. The third-order valence-corrected chi connectivity index (χ3v) is 6.47. The van der Waals surface area contributed by atoms with Crippen molar-refractivity contribution < 1.29 is 4.79 Å². The van der Waals surface area contributed by atoms with E-state index in [4.69, 9.17) is 11.6 Å². The molecule has 0 bridgehead atoms. The van der Waals surface area contributed by atoms with Crippen molar-refractivity contribution in [2.45, 2.75) is 17.3 Å². The predicted octanol–water partition coefficient (Wildman–Crippen LogP) is 4.98.